The van der Waals surface area contributed by atoms with Crippen molar-refractivity contribution in [2.24, 2.45) is 5.73 Å². The van der Waals surface area contributed by atoms with Gasteiger partial charge in [-0.3, -0.25) is 0 Å². The lowest BCUT2D eigenvalue weighted by atomic mass is 10.1. The molecule has 1 fully saturated rings. The molecule has 0 radical (unpaired) electrons. The van der Waals surface area contributed by atoms with Crippen LogP contribution in [0.3, 0.4) is 0 Å². The second-order valence-corrected chi connectivity index (χ2v) is 6.28. The van der Waals surface area contributed by atoms with Crippen LogP contribution in [0.25, 0.3) is 0 Å². The first-order chi connectivity index (χ1) is 9.04. The van der Waals surface area contributed by atoms with Gasteiger partial charge in [-0.05, 0) is 32.4 Å². The number of nitrogens with two attached hydrogens (primary N) is 1. The van der Waals surface area contributed by atoms with E-state index in [0.29, 0.717) is 11.0 Å². The lowest BCUT2D eigenvalue weighted by Gasteiger charge is -2.39. The Kier molecular flexibility index (Phi) is 4.71. The van der Waals surface area contributed by atoms with Crippen LogP contribution in [-0.2, 0) is 0 Å². The highest BCUT2D eigenvalue weighted by atomic mass is 32.2. The minimum atomic E-state index is 0.492. The van der Waals surface area contributed by atoms with E-state index in [4.69, 9.17) is 18.0 Å². The molecule has 1 aromatic rings. The third-order valence-corrected chi connectivity index (χ3v) is 4.76. The number of hydrogen-bond donors (Lipinski definition) is 1. The summed E-state index contributed by atoms with van der Waals surface area (Å²) in [5.41, 5.74) is 8.15. The second-order valence-electron chi connectivity index (χ2n) is 4.99. The normalized spacial score (nSPS) is 20.6. The fourth-order valence-electron chi connectivity index (χ4n) is 2.47. The van der Waals surface area contributed by atoms with Gasteiger partial charge in [0.2, 0.25) is 0 Å². The minimum absolute atomic E-state index is 0.492. The highest BCUT2D eigenvalue weighted by Crippen LogP contribution is 2.30. The van der Waals surface area contributed by atoms with Crippen molar-refractivity contribution in [3.63, 3.8) is 0 Å². The Balaban J connectivity index is 2.37. The van der Waals surface area contributed by atoms with Crippen LogP contribution < -0.4 is 10.6 Å². The standard InChI is InChI=1S/C14H21N3S2/c1-10-9-17(8-7-16(10)2)11-5-4-6-12(19-3)13(11)14(15)18/h4-6,10H,7-9H2,1-3H3,(H2,15,18). The molecule has 1 saturated heterocycles. The molecule has 3 nitrogen and oxygen atoms in total. The van der Waals surface area contributed by atoms with E-state index in [1.165, 1.54) is 5.69 Å². The summed E-state index contributed by atoms with van der Waals surface area (Å²) < 4.78 is 0. The molecular formula is C14H21N3S2. The molecular weight excluding hydrogens is 274 g/mol. The van der Waals surface area contributed by atoms with Gasteiger partial charge in [-0.15, -0.1) is 11.8 Å². The molecule has 0 amide bonds. The fraction of sp³-hybridized carbons (Fsp3) is 0.500. The van der Waals surface area contributed by atoms with Crippen LogP contribution in [-0.4, -0.2) is 48.9 Å². The molecule has 1 aliphatic rings. The van der Waals surface area contributed by atoms with Crippen LogP contribution >= 0.6 is 24.0 Å². The molecule has 19 heavy (non-hydrogen) atoms. The minimum Gasteiger partial charge on any atom is -0.389 e. The van der Waals surface area contributed by atoms with Crippen LogP contribution in [0.1, 0.15) is 12.5 Å². The van der Waals surface area contributed by atoms with E-state index in [1.54, 1.807) is 11.8 Å². The Morgan fingerprint density at radius 1 is 1.42 bits per heavy atom. The molecule has 1 heterocycles. The number of piperazine rings is 1. The average Bonchev–Trinajstić information content (AvgIpc) is 2.40. The quantitative estimate of drug-likeness (QED) is 0.682. The van der Waals surface area contributed by atoms with Crippen molar-refractivity contribution in [1.82, 2.24) is 4.90 Å². The monoisotopic (exact) mass is 295 g/mol. The lowest BCUT2D eigenvalue weighted by Crippen LogP contribution is -2.50. The van der Waals surface area contributed by atoms with E-state index in [-0.39, 0.29) is 0 Å². The summed E-state index contributed by atoms with van der Waals surface area (Å²) in [4.78, 5) is 6.44. The topological polar surface area (TPSA) is 32.5 Å². The van der Waals surface area contributed by atoms with Gasteiger partial charge in [0.25, 0.3) is 0 Å². The van der Waals surface area contributed by atoms with Crippen molar-refractivity contribution < 1.29 is 0 Å². The van der Waals surface area contributed by atoms with E-state index in [0.717, 1.165) is 30.1 Å². The predicted molar refractivity (Wildman–Crippen MR) is 88.4 cm³/mol. The van der Waals surface area contributed by atoms with Gasteiger partial charge in [0.15, 0.2) is 0 Å². The summed E-state index contributed by atoms with van der Waals surface area (Å²) in [5.74, 6) is 0. The number of likely N-dealkylation sites (N-methyl/N-ethyl adjacent to an activating group) is 1. The molecule has 0 aliphatic carbocycles. The van der Waals surface area contributed by atoms with Crippen molar-refractivity contribution in [3.05, 3.63) is 23.8 Å². The van der Waals surface area contributed by atoms with E-state index in [1.807, 2.05) is 0 Å². The average molecular weight is 295 g/mol. The number of thiocarbonyl (C=S) groups is 1. The van der Waals surface area contributed by atoms with Gasteiger partial charge in [-0.1, -0.05) is 18.3 Å². The zero-order valence-corrected chi connectivity index (χ0v) is 13.4. The van der Waals surface area contributed by atoms with E-state index in [2.05, 4.69) is 48.2 Å². The van der Waals surface area contributed by atoms with Gasteiger partial charge in [0.05, 0.1) is 0 Å². The molecule has 104 valence electrons. The summed E-state index contributed by atoms with van der Waals surface area (Å²) in [7, 11) is 2.18. The maximum Gasteiger partial charge on any atom is 0.107 e. The molecule has 1 aromatic carbocycles. The van der Waals surface area contributed by atoms with Gasteiger partial charge in [-0.2, -0.15) is 0 Å². The summed E-state index contributed by atoms with van der Waals surface area (Å²) in [6.07, 6.45) is 2.06. The van der Waals surface area contributed by atoms with Crippen LogP contribution in [0.4, 0.5) is 5.69 Å². The maximum absolute atomic E-state index is 5.94. The first kappa shape index (κ1) is 14.6. The van der Waals surface area contributed by atoms with Crippen LogP contribution in [0, 0.1) is 0 Å². The van der Waals surface area contributed by atoms with Crippen molar-refractivity contribution in [2.75, 3.05) is 37.8 Å². The zero-order valence-electron chi connectivity index (χ0n) is 11.7. The predicted octanol–water partition coefficient (Wildman–Crippen LogP) is 2.18. The van der Waals surface area contributed by atoms with Crippen molar-refractivity contribution in [2.45, 2.75) is 17.9 Å². The number of hydrogen-bond acceptors (Lipinski definition) is 4. The Morgan fingerprint density at radius 3 is 2.74 bits per heavy atom. The van der Waals surface area contributed by atoms with E-state index in [9.17, 15) is 0 Å². The van der Waals surface area contributed by atoms with Crippen molar-refractivity contribution in [1.29, 1.82) is 0 Å². The second kappa shape index (κ2) is 6.11. The SMILES string of the molecule is CSc1cccc(N2CCN(C)C(C)C2)c1C(N)=S. The number of nitrogens with zero attached hydrogens (tertiary/aromatic N) is 2. The molecule has 1 atom stereocenters. The molecule has 0 aromatic heterocycles. The summed E-state index contributed by atoms with van der Waals surface area (Å²) in [6, 6.07) is 6.85. The van der Waals surface area contributed by atoms with Crippen LogP contribution in [0.15, 0.2) is 23.1 Å². The highest BCUT2D eigenvalue weighted by Gasteiger charge is 2.23. The van der Waals surface area contributed by atoms with Gasteiger partial charge in [0.1, 0.15) is 4.99 Å². The molecule has 0 bridgehead atoms. The fourth-order valence-corrected chi connectivity index (χ4v) is 3.38. The summed E-state index contributed by atoms with van der Waals surface area (Å²) in [5, 5.41) is 0. The molecule has 5 heteroatoms. The van der Waals surface area contributed by atoms with Crippen molar-refractivity contribution >= 4 is 34.7 Å². The Hall–Kier alpha value is -0.780. The van der Waals surface area contributed by atoms with Gasteiger partial charge >= 0.3 is 0 Å². The van der Waals surface area contributed by atoms with Crippen LogP contribution in [0.2, 0.25) is 0 Å². The third kappa shape index (κ3) is 3.04. The molecule has 1 aliphatic heterocycles. The van der Waals surface area contributed by atoms with Crippen LogP contribution in [0.5, 0.6) is 0 Å². The smallest absolute Gasteiger partial charge is 0.107 e. The van der Waals surface area contributed by atoms with E-state index >= 15 is 0 Å². The van der Waals surface area contributed by atoms with Gasteiger partial charge in [-0.25, -0.2) is 0 Å². The first-order valence-electron chi connectivity index (χ1n) is 6.46. The molecule has 0 spiro atoms. The summed E-state index contributed by atoms with van der Waals surface area (Å²) >= 11 is 6.95. The maximum atomic E-state index is 5.94. The van der Waals surface area contributed by atoms with Crippen molar-refractivity contribution in [3.8, 4) is 0 Å². The number of thioether (sulfide) groups is 1. The Labute approximate surface area is 125 Å². The lowest BCUT2D eigenvalue weighted by molar-refractivity contribution is 0.234. The molecule has 2 N–H and O–H groups in total. The van der Waals surface area contributed by atoms with Gasteiger partial charge in [0, 0.05) is 41.8 Å². The zero-order chi connectivity index (χ0) is 14.0. The largest absolute Gasteiger partial charge is 0.389 e. The number of rotatable bonds is 3. The molecule has 0 saturated carbocycles. The molecule has 1 unspecified atom stereocenters. The van der Waals surface area contributed by atoms with Gasteiger partial charge < -0.3 is 15.5 Å². The first-order valence-corrected chi connectivity index (χ1v) is 8.10. The Bertz CT molecular complexity index is 476. The Morgan fingerprint density at radius 2 is 2.16 bits per heavy atom. The number of benzene rings is 1. The summed E-state index contributed by atoms with van der Waals surface area (Å²) in [6.45, 7) is 5.37. The third-order valence-electron chi connectivity index (χ3n) is 3.77. The molecule has 2 rings (SSSR count). The van der Waals surface area contributed by atoms with E-state index < -0.39 is 0 Å². The number of anilines is 1. The highest BCUT2D eigenvalue weighted by molar-refractivity contribution is 7.98.